The molecule has 1 aromatic heterocycles. The molecule has 1 heterocycles. The number of aromatic nitrogens is 1. The number of nitrogens with one attached hydrogen (secondary N) is 1. The van der Waals surface area contributed by atoms with Gasteiger partial charge in [-0.1, -0.05) is 51.1 Å². The van der Waals surface area contributed by atoms with Crippen LogP contribution < -0.4 is 5.32 Å². The lowest BCUT2D eigenvalue weighted by Crippen LogP contribution is -2.27. The Bertz CT molecular complexity index is 1040. The largest absolute Gasteiger partial charge is 0.477 e. The van der Waals surface area contributed by atoms with Crippen LogP contribution in [0, 0.1) is 0 Å². The Morgan fingerprint density at radius 2 is 1.59 bits per heavy atom. The minimum atomic E-state index is -1.20. The third-order valence-electron chi connectivity index (χ3n) is 4.60. The van der Waals surface area contributed by atoms with Gasteiger partial charge in [0.15, 0.2) is 0 Å². The van der Waals surface area contributed by atoms with Crippen LogP contribution in [0.4, 0.5) is 0 Å². The summed E-state index contributed by atoms with van der Waals surface area (Å²) in [5, 5.41) is 12.1. The van der Waals surface area contributed by atoms with Gasteiger partial charge in [0.1, 0.15) is 5.70 Å². The molecule has 1 amide bonds. The Hall–Kier alpha value is -3.60. The van der Waals surface area contributed by atoms with E-state index in [1.165, 1.54) is 6.08 Å². The second-order valence-electron chi connectivity index (χ2n) is 7.78. The molecule has 0 radical (unpaired) electrons. The van der Waals surface area contributed by atoms with Crippen molar-refractivity contribution in [2.45, 2.75) is 26.2 Å². The van der Waals surface area contributed by atoms with Crippen LogP contribution in [-0.4, -0.2) is 21.6 Å². The number of carbonyl (C=O) groups is 2. The normalized spacial score (nSPS) is 11.9. The molecule has 0 saturated heterocycles. The first-order valence-corrected chi connectivity index (χ1v) is 9.35. The molecule has 0 saturated carbocycles. The molecule has 3 aromatic rings. The molecule has 2 N–H and O–H groups in total. The Morgan fingerprint density at radius 3 is 2.17 bits per heavy atom. The van der Waals surface area contributed by atoms with Crippen molar-refractivity contribution >= 4 is 18.0 Å². The van der Waals surface area contributed by atoms with Crippen molar-refractivity contribution in [3.63, 3.8) is 0 Å². The number of para-hydroxylation sites is 1. The standard InChI is InChI=1S/C24H24N2O3/c1-24(2,3)18-13-11-17(12-14-18)22(27)25-21(23(28)29)16-20-10-7-15-26(20)19-8-5-4-6-9-19/h4-16H,1-3H3,(H,25,27)(H,28,29)/b21-16+. The molecule has 3 rings (SSSR count). The molecule has 0 aliphatic carbocycles. The SMILES string of the molecule is CC(C)(C)c1ccc(C(=O)N/C(=C/c2cccn2-c2ccccc2)C(=O)O)cc1. The van der Waals surface area contributed by atoms with E-state index in [-0.39, 0.29) is 11.1 Å². The summed E-state index contributed by atoms with van der Waals surface area (Å²) in [5.41, 5.74) is 2.84. The van der Waals surface area contributed by atoms with Gasteiger partial charge in [-0.3, -0.25) is 4.79 Å². The maximum Gasteiger partial charge on any atom is 0.352 e. The summed E-state index contributed by atoms with van der Waals surface area (Å²) in [5.74, 6) is -1.66. The first-order chi connectivity index (χ1) is 13.8. The molecule has 0 bridgehead atoms. The maximum absolute atomic E-state index is 12.6. The molecule has 0 spiro atoms. The minimum Gasteiger partial charge on any atom is -0.477 e. The lowest BCUT2D eigenvalue weighted by atomic mass is 9.87. The van der Waals surface area contributed by atoms with Crippen molar-refractivity contribution in [1.82, 2.24) is 9.88 Å². The fraction of sp³-hybridized carbons (Fsp3) is 0.167. The fourth-order valence-corrected chi connectivity index (χ4v) is 2.95. The molecular weight excluding hydrogens is 364 g/mol. The minimum absolute atomic E-state index is 0.0238. The van der Waals surface area contributed by atoms with Crippen LogP contribution in [-0.2, 0) is 10.2 Å². The molecular formula is C24H24N2O3. The average molecular weight is 388 g/mol. The molecule has 5 nitrogen and oxygen atoms in total. The highest BCUT2D eigenvalue weighted by Crippen LogP contribution is 2.22. The summed E-state index contributed by atoms with van der Waals surface area (Å²) >= 11 is 0. The van der Waals surface area contributed by atoms with Crippen molar-refractivity contribution in [3.8, 4) is 5.69 Å². The molecule has 0 fully saturated rings. The van der Waals surface area contributed by atoms with Gasteiger partial charge in [-0.05, 0) is 53.5 Å². The van der Waals surface area contributed by atoms with Gasteiger partial charge in [-0.15, -0.1) is 0 Å². The molecule has 148 valence electrons. The van der Waals surface area contributed by atoms with Gasteiger partial charge in [0.2, 0.25) is 0 Å². The van der Waals surface area contributed by atoms with Crippen LogP contribution in [0.25, 0.3) is 11.8 Å². The number of hydrogen-bond acceptors (Lipinski definition) is 2. The van der Waals surface area contributed by atoms with Crippen molar-refractivity contribution in [3.05, 3.63) is 95.4 Å². The monoisotopic (exact) mass is 388 g/mol. The van der Waals surface area contributed by atoms with E-state index >= 15 is 0 Å². The van der Waals surface area contributed by atoms with Crippen LogP contribution in [0.5, 0.6) is 0 Å². The third kappa shape index (κ3) is 4.82. The van der Waals surface area contributed by atoms with Gasteiger partial charge in [0.05, 0.1) is 0 Å². The fourth-order valence-electron chi connectivity index (χ4n) is 2.95. The van der Waals surface area contributed by atoms with E-state index < -0.39 is 11.9 Å². The second kappa shape index (κ2) is 8.19. The van der Waals surface area contributed by atoms with Crippen LogP contribution in [0.3, 0.4) is 0 Å². The first-order valence-electron chi connectivity index (χ1n) is 9.35. The summed E-state index contributed by atoms with van der Waals surface area (Å²) < 4.78 is 1.85. The molecule has 0 aliphatic rings. The number of carbonyl (C=O) groups excluding carboxylic acids is 1. The Balaban J connectivity index is 1.86. The smallest absolute Gasteiger partial charge is 0.352 e. The van der Waals surface area contributed by atoms with Gasteiger partial charge in [-0.2, -0.15) is 0 Å². The van der Waals surface area contributed by atoms with E-state index in [1.54, 1.807) is 18.2 Å². The highest BCUT2D eigenvalue weighted by molar-refractivity contribution is 6.02. The summed E-state index contributed by atoms with van der Waals surface area (Å²) in [6.45, 7) is 6.28. The molecule has 2 aromatic carbocycles. The molecule has 0 atom stereocenters. The maximum atomic E-state index is 12.6. The highest BCUT2D eigenvalue weighted by Gasteiger charge is 2.17. The number of benzene rings is 2. The van der Waals surface area contributed by atoms with Crippen molar-refractivity contribution in [2.24, 2.45) is 0 Å². The van der Waals surface area contributed by atoms with Crippen LogP contribution in [0.15, 0.2) is 78.6 Å². The number of nitrogens with zero attached hydrogens (tertiary/aromatic N) is 1. The predicted molar refractivity (Wildman–Crippen MR) is 114 cm³/mol. The van der Waals surface area contributed by atoms with E-state index in [2.05, 4.69) is 26.1 Å². The van der Waals surface area contributed by atoms with Crippen molar-refractivity contribution < 1.29 is 14.7 Å². The Labute approximate surface area is 170 Å². The van der Waals surface area contributed by atoms with Gasteiger partial charge in [0.25, 0.3) is 5.91 Å². The van der Waals surface area contributed by atoms with Gasteiger partial charge in [0, 0.05) is 23.1 Å². The lowest BCUT2D eigenvalue weighted by molar-refractivity contribution is -0.132. The highest BCUT2D eigenvalue weighted by atomic mass is 16.4. The van der Waals surface area contributed by atoms with E-state index in [1.807, 2.05) is 59.3 Å². The van der Waals surface area contributed by atoms with Gasteiger partial charge in [-0.25, -0.2) is 4.79 Å². The third-order valence-corrected chi connectivity index (χ3v) is 4.60. The quantitative estimate of drug-likeness (QED) is 0.626. The van der Waals surface area contributed by atoms with E-state index in [9.17, 15) is 14.7 Å². The summed E-state index contributed by atoms with van der Waals surface area (Å²) in [6, 6.07) is 20.4. The summed E-state index contributed by atoms with van der Waals surface area (Å²) in [6.07, 6.45) is 3.30. The summed E-state index contributed by atoms with van der Waals surface area (Å²) in [7, 11) is 0. The predicted octanol–water partition coefficient (Wildman–Crippen LogP) is 4.63. The lowest BCUT2D eigenvalue weighted by Gasteiger charge is -2.19. The number of amides is 1. The van der Waals surface area contributed by atoms with E-state index in [4.69, 9.17) is 0 Å². The summed E-state index contributed by atoms with van der Waals surface area (Å²) in [4.78, 5) is 24.3. The number of rotatable bonds is 5. The van der Waals surface area contributed by atoms with E-state index in [0.717, 1.165) is 11.3 Å². The topological polar surface area (TPSA) is 71.3 Å². The molecule has 0 unspecified atom stereocenters. The van der Waals surface area contributed by atoms with Crippen LogP contribution in [0.1, 0.15) is 42.4 Å². The number of hydrogen-bond donors (Lipinski definition) is 2. The second-order valence-corrected chi connectivity index (χ2v) is 7.78. The zero-order chi connectivity index (χ0) is 21.0. The number of aliphatic carboxylic acids is 1. The van der Waals surface area contributed by atoms with Crippen molar-refractivity contribution in [2.75, 3.05) is 0 Å². The van der Waals surface area contributed by atoms with Crippen LogP contribution >= 0.6 is 0 Å². The van der Waals surface area contributed by atoms with Gasteiger partial charge < -0.3 is 15.0 Å². The zero-order valence-corrected chi connectivity index (χ0v) is 16.7. The van der Waals surface area contributed by atoms with Crippen molar-refractivity contribution in [1.29, 1.82) is 0 Å². The van der Waals surface area contributed by atoms with Crippen LogP contribution in [0.2, 0.25) is 0 Å². The van der Waals surface area contributed by atoms with Gasteiger partial charge >= 0.3 is 5.97 Å². The van der Waals surface area contributed by atoms with E-state index in [0.29, 0.717) is 11.3 Å². The molecule has 0 aliphatic heterocycles. The zero-order valence-electron chi connectivity index (χ0n) is 16.7. The first kappa shape index (κ1) is 20.1. The molecule has 5 heteroatoms. The number of carboxylic acid groups (broad SMARTS) is 1. The average Bonchev–Trinajstić information content (AvgIpc) is 3.15. The Kier molecular flexibility index (Phi) is 5.69. The Morgan fingerprint density at radius 1 is 0.931 bits per heavy atom. The molecule has 29 heavy (non-hydrogen) atoms. The number of carboxylic acids is 1.